The molecule has 7 rings (SSSR count). The lowest BCUT2D eigenvalue weighted by Crippen LogP contribution is -2.03. The summed E-state index contributed by atoms with van der Waals surface area (Å²) in [4.78, 5) is 9.76. The average molecular weight is 502 g/mol. The van der Waals surface area contributed by atoms with E-state index in [-0.39, 0.29) is 0 Å². The van der Waals surface area contributed by atoms with E-state index in [2.05, 4.69) is 121 Å². The van der Waals surface area contributed by atoms with Gasteiger partial charge >= 0.3 is 0 Å². The summed E-state index contributed by atoms with van der Waals surface area (Å²) in [7, 11) is 0. The van der Waals surface area contributed by atoms with Crippen LogP contribution in [0.2, 0.25) is 0 Å². The number of hydrogen-bond donors (Lipinski definition) is 0. The minimum Gasteiger partial charge on any atom is -0.296 e. The van der Waals surface area contributed by atoms with Crippen molar-refractivity contribution in [3.8, 4) is 39.2 Å². The van der Waals surface area contributed by atoms with Gasteiger partial charge in [-0.2, -0.15) is 0 Å². The molecule has 3 heteroatoms. The number of pyridine rings is 1. The Morgan fingerprint density at radius 2 is 1.38 bits per heavy atom. The molecule has 39 heavy (non-hydrogen) atoms. The molecule has 0 spiro atoms. The molecular formula is C36H27N3. The summed E-state index contributed by atoms with van der Waals surface area (Å²) in [6.07, 6.45) is 2.82. The first-order chi connectivity index (χ1) is 19.3. The number of hydrogen-bond acceptors (Lipinski definition) is 2. The third-order valence-corrected chi connectivity index (χ3v) is 7.41. The van der Waals surface area contributed by atoms with Gasteiger partial charge in [0.2, 0.25) is 0 Å². The average Bonchev–Trinajstić information content (AvgIpc) is 3.40. The molecule has 0 aliphatic heterocycles. The van der Waals surface area contributed by atoms with E-state index in [0.717, 1.165) is 51.4 Å². The Labute approximate surface area is 228 Å². The molecule has 3 nitrogen and oxygen atoms in total. The van der Waals surface area contributed by atoms with E-state index >= 15 is 0 Å². The van der Waals surface area contributed by atoms with Crippen molar-refractivity contribution in [2.75, 3.05) is 0 Å². The molecule has 2 aromatic heterocycles. The molecule has 0 aliphatic carbocycles. The van der Waals surface area contributed by atoms with Crippen molar-refractivity contribution in [3.05, 3.63) is 139 Å². The highest BCUT2D eigenvalue weighted by Gasteiger charge is 2.18. The quantitative estimate of drug-likeness (QED) is 0.235. The number of aromatic nitrogens is 3. The lowest BCUT2D eigenvalue weighted by Gasteiger charge is -2.18. The second kappa shape index (κ2) is 9.70. The van der Waals surface area contributed by atoms with Crippen molar-refractivity contribution in [2.45, 2.75) is 13.3 Å². The van der Waals surface area contributed by atoms with Crippen molar-refractivity contribution in [3.63, 3.8) is 0 Å². The fourth-order valence-electron chi connectivity index (χ4n) is 5.53. The van der Waals surface area contributed by atoms with E-state index in [9.17, 15) is 0 Å². The van der Waals surface area contributed by atoms with E-state index in [1.54, 1.807) is 0 Å². The monoisotopic (exact) mass is 501 g/mol. The normalized spacial score (nSPS) is 11.3. The van der Waals surface area contributed by atoms with Crippen LogP contribution in [-0.2, 0) is 6.42 Å². The standard InChI is InChI=1S/C36H27N3/c1-2-35-38-32-17-8-9-18-33(32)39(35)34-22-20-25-11-6-7-16-30(25)36(34)28-15-10-14-27(23-28)29-19-21-31(37-24-29)26-12-4-3-5-13-26/h3-24H,2H2,1H3. The van der Waals surface area contributed by atoms with Gasteiger partial charge in [-0.15, -0.1) is 0 Å². The molecule has 0 amide bonds. The highest BCUT2D eigenvalue weighted by molar-refractivity contribution is 6.02. The molecule has 0 atom stereocenters. The van der Waals surface area contributed by atoms with E-state index in [0.29, 0.717) is 0 Å². The fourth-order valence-corrected chi connectivity index (χ4v) is 5.53. The number of benzene rings is 5. The first-order valence-electron chi connectivity index (χ1n) is 13.4. The molecule has 0 radical (unpaired) electrons. The van der Waals surface area contributed by atoms with Crippen LogP contribution in [0.1, 0.15) is 12.7 Å². The molecule has 2 heterocycles. The molecule has 0 saturated heterocycles. The zero-order valence-corrected chi connectivity index (χ0v) is 21.8. The van der Waals surface area contributed by atoms with Crippen LogP contribution in [0.4, 0.5) is 0 Å². The third kappa shape index (κ3) is 4.09. The Balaban J connectivity index is 1.41. The SMILES string of the molecule is CCc1nc2ccccc2n1-c1ccc2ccccc2c1-c1cccc(-c2ccc(-c3ccccc3)nc2)c1. The molecule has 0 N–H and O–H groups in total. The van der Waals surface area contributed by atoms with Gasteiger partial charge in [-0.3, -0.25) is 9.55 Å². The summed E-state index contributed by atoms with van der Waals surface area (Å²) in [5.41, 5.74) is 10.0. The van der Waals surface area contributed by atoms with Crippen molar-refractivity contribution < 1.29 is 0 Å². The molecule has 0 fully saturated rings. The van der Waals surface area contributed by atoms with Crippen LogP contribution in [0.3, 0.4) is 0 Å². The van der Waals surface area contributed by atoms with Crippen LogP contribution in [-0.4, -0.2) is 14.5 Å². The number of aryl methyl sites for hydroxylation is 1. The summed E-state index contributed by atoms with van der Waals surface area (Å²) < 4.78 is 2.33. The van der Waals surface area contributed by atoms with Crippen LogP contribution in [0.5, 0.6) is 0 Å². The third-order valence-electron chi connectivity index (χ3n) is 7.41. The lowest BCUT2D eigenvalue weighted by atomic mass is 9.93. The first-order valence-corrected chi connectivity index (χ1v) is 13.4. The number of imidazole rings is 1. The fraction of sp³-hybridized carbons (Fsp3) is 0.0556. The van der Waals surface area contributed by atoms with Gasteiger partial charge in [0.1, 0.15) is 5.82 Å². The maximum absolute atomic E-state index is 4.98. The lowest BCUT2D eigenvalue weighted by molar-refractivity contribution is 0.910. The summed E-state index contributed by atoms with van der Waals surface area (Å²) in [6, 6.07) is 44.9. The van der Waals surface area contributed by atoms with Gasteiger partial charge in [0.05, 0.1) is 22.4 Å². The van der Waals surface area contributed by atoms with Gasteiger partial charge in [-0.05, 0) is 52.2 Å². The van der Waals surface area contributed by atoms with Crippen LogP contribution in [0.15, 0.2) is 134 Å². The zero-order chi connectivity index (χ0) is 26.2. The number of nitrogens with zero attached hydrogens (tertiary/aromatic N) is 3. The molecule has 7 aromatic rings. The minimum absolute atomic E-state index is 0.848. The first kappa shape index (κ1) is 23.1. The molecule has 0 saturated carbocycles. The predicted octanol–water partition coefficient (Wildman–Crippen LogP) is 9.14. The van der Waals surface area contributed by atoms with Crippen molar-refractivity contribution in [1.82, 2.24) is 14.5 Å². The number of fused-ring (bicyclic) bond motifs is 2. The van der Waals surface area contributed by atoms with Crippen LogP contribution >= 0.6 is 0 Å². The molecule has 5 aromatic carbocycles. The number of para-hydroxylation sites is 2. The summed E-state index contributed by atoms with van der Waals surface area (Å²) >= 11 is 0. The second-order valence-corrected chi connectivity index (χ2v) is 9.77. The Morgan fingerprint density at radius 1 is 0.615 bits per heavy atom. The van der Waals surface area contributed by atoms with Crippen LogP contribution in [0, 0.1) is 0 Å². The second-order valence-electron chi connectivity index (χ2n) is 9.77. The van der Waals surface area contributed by atoms with E-state index < -0.39 is 0 Å². The van der Waals surface area contributed by atoms with Gasteiger partial charge in [0, 0.05) is 29.3 Å². The Bertz CT molecular complexity index is 1930. The minimum atomic E-state index is 0.848. The Kier molecular flexibility index (Phi) is 5.75. The smallest absolute Gasteiger partial charge is 0.114 e. The highest BCUT2D eigenvalue weighted by atomic mass is 15.1. The molecule has 0 bridgehead atoms. The van der Waals surface area contributed by atoms with Crippen LogP contribution < -0.4 is 0 Å². The molecule has 0 unspecified atom stereocenters. The van der Waals surface area contributed by atoms with Crippen molar-refractivity contribution in [2.24, 2.45) is 0 Å². The summed E-state index contributed by atoms with van der Waals surface area (Å²) in [5, 5.41) is 2.45. The molecule has 186 valence electrons. The van der Waals surface area contributed by atoms with Crippen molar-refractivity contribution in [1.29, 1.82) is 0 Å². The molecular weight excluding hydrogens is 474 g/mol. The van der Waals surface area contributed by atoms with Crippen LogP contribution in [0.25, 0.3) is 61.0 Å². The zero-order valence-electron chi connectivity index (χ0n) is 21.8. The topological polar surface area (TPSA) is 30.7 Å². The van der Waals surface area contributed by atoms with E-state index in [1.807, 2.05) is 24.4 Å². The van der Waals surface area contributed by atoms with E-state index in [4.69, 9.17) is 9.97 Å². The van der Waals surface area contributed by atoms with Gasteiger partial charge in [-0.1, -0.05) is 104 Å². The highest BCUT2D eigenvalue weighted by Crippen LogP contribution is 2.38. The Hall–Kier alpha value is -5.02. The molecule has 0 aliphatic rings. The number of rotatable bonds is 5. The van der Waals surface area contributed by atoms with E-state index in [1.165, 1.54) is 21.9 Å². The van der Waals surface area contributed by atoms with Gasteiger partial charge in [0.25, 0.3) is 0 Å². The maximum atomic E-state index is 4.98. The Morgan fingerprint density at radius 3 is 2.23 bits per heavy atom. The van der Waals surface area contributed by atoms with Gasteiger partial charge in [-0.25, -0.2) is 4.98 Å². The predicted molar refractivity (Wildman–Crippen MR) is 162 cm³/mol. The largest absolute Gasteiger partial charge is 0.296 e. The maximum Gasteiger partial charge on any atom is 0.114 e. The summed E-state index contributed by atoms with van der Waals surface area (Å²) in [5.74, 6) is 1.06. The summed E-state index contributed by atoms with van der Waals surface area (Å²) in [6.45, 7) is 2.17. The van der Waals surface area contributed by atoms with Gasteiger partial charge in [0.15, 0.2) is 0 Å². The van der Waals surface area contributed by atoms with Gasteiger partial charge < -0.3 is 0 Å². The van der Waals surface area contributed by atoms with Crippen molar-refractivity contribution >= 4 is 21.8 Å².